The molecule has 0 fully saturated rings. The zero-order valence-corrected chi connectivity index (χ0v) is 9.40. The van der Waals surface area contributed by atoms with E-state index in [1.807, 2.05) is 12.1 Å². The SMILES string of the molecule is NCP(c1ccccc1)c1ccccc1. The van der Waals surface area contributed by atoms with E-state index in [0.29, 0.717) is 6.29 Å². The molecule has 76 valence electrons. The zero-order valence-electron chi connectivity index (χ0n) is 8.51. The van der Waals surface area contributed by atoms with Gasteiger partial charge in [0.25, 0.3) is 0 Å². The van der Waals surface area contributed by atoms with Gasteiger partial charge < -0.3 is 5.73 Å². The van der Waals surface area contributed by atoms with Gasteiger partial charge in [0.2, 0.25) is 0 Å². The molecule has 2 aromatic carbocycles. The summed E-state index contributed by atoms with van der Waals surface area (Å²) >= 11 is 0. The number of hydrogen-bond donors (Lipinski definition) is 1. The summed E-state index contributed by atoms with van der Waals surface area (Å²) < 4.78 is 0. The molecule has 0 spiro atoms. The molecule has 0 aliphatic carbocycles. The molecule has 0 heterocycles. The second kappa shape index (κ2) is 5.06. The summed E-state index contributed by atoms with van der Waals surface area (Å²) in [6, 6.07) is 21.0. The third-order valence-corrected chi connectivity index (χ3v) is 4.53. The third-order valence-electron chi connectivity index (χ3n) is 2.32. The highest BCUT2D eigenvalue weighted by Gasteiger charge is 2.09. The highest BCUT2D eigenvalue weighted by atomic mass is 31.1. The van der Waals surface area contributed by atoms with Crippen LogP contribution in [-0.4, -0.2) is 6.29 Å². The third kappa shape index (κ3) is 2.44. The van der Waals surface area contributed by atoms with E-state index >= 15 is 0 Å². The molecule has 0 unspecified atom stereocenters. The molecule has 0 aliphatic rings. The van der Waals surface area contributed by atoms with Crippen LogP contribution in [-0.2, 0) is 0 Å². The maximum absolute atomic E-state index is 5.87. The van der Waals surface area contributed by atoms with Gasteiger partial charge in [-0.25, -0.2) is 0 Å². The van der Waals surface area contributed by atoms with Crippen LogP contribution in [0, 0.1) is 0 Å². The first kappa shape index (κ1) is 10.4. The van der Waals surface area contributed by atoms with Crippen LogP contribution in [0.3, 0.4) is 0 Å². The predicted octanol–water partition coefficient (Wildman–Crippen LogP) is 2.04. The maximum atomic E-state index is 5.87. The van der Waals surface area contributed by atoms with Gasteiger partial charge in [0, 0.05) is 6.29 Å². The van der Waals surface area contributed by atoms with Gasteiger partial charge in [-0.3, -0.25) is 0 Å². The highest BCUT2D eigenvalue weighted by Crippen LogP contribution is 2.30. The minimum atomic E-state index is -0.371. The Balaban J connectivity index is 2.34. The quantitative estimate of drug-likeness (QED) is 0.779. The van der Waals surface area contributed by atoms with Crippen molar-refractivity contribution in [2.75, 3.05) is 6.29 Å². The van der Waals surface area contributed by atoms with Gasteiger partial charge >= 0.3 is 0 Å². The largest absolute Gasteiger partial charge is 0.326 e. The van der Waals surface area contributed by atoms with Gasteiger partial charge in [-0.1, -0.05) is 60.7 Å². The second-order valence-electron chi connectivity index (χ2n) is 3.28. The van der Waals surface area contributed by atoms with Crippen molar-refractivity contribution < 1.29 is 0 Å². The summed E-state index contributed by atoms with van der Waals surface area (Å²) in [6.07, 6.45) is 0.712. The van der Waals surface area contributed by atoms with Crippen molar-refractivity contribution in [2.45, 2.75) is 0 Å². The van der Waals surface area contributed by atoms with E-state index in [1.54, 1.807) is 0 Å². The van der Waals surface area contributed by atoms with Crippen molar-refractivity contribution in [1.82, 2.24) is 0 Å². The number of benzene rings is 2. The lowest BCUT2D eigenvalue weighted by Crippen LogP contribution is -2.17. The Kier molecular flexibility index (Phi) is 3.49. The first-order chi connectivity index (χ1) is 7.42. The van der Waals surface area contributed by atoms with Crippen LogP contribution in [0.25, 0.3) is 0 Å². The maximum Gasteiger partial charge on any atom is 0.0210 e. The normalized spacial score (nSPS) is 10.5. The van der Waals surface area contributed by atoms with E-state index in [2.05, 4.69) is 48.5 Å². The Bertz CT molecular complexity index is 360. The standard InChI is InChI=1S/C13H14NP/c14-11-15(12-7-3-1-4-8-12)13-9-5-2-6-10-13/h1-10H,11,14H2. The van der Waals surface area contributed by atoms with Crippen molar-refractivity contribution in [1.29, 1.82) is 0 Å². The average molecular weight is 215 g/mol. The summed E-state index contributed by atoms with van der Waals surface area (Å²) in [4.78, 5) is 0. The number of hydrogen-bond acceptors (Lipinski definition) is 1. The van der Waals surface area contributed by atoms with Crippen molar-refractivity contribution >= 4 is 18.5 Å². The fourth-order valence-electron chi connectivity index (χ4n) is 1.58. The van der Waals surface area contributed by atoms with E-state index in [-0.39, 0.29) is 7.92 Å². The molecule has 0 radical (unpaired) electrons. The first-order valence-electron chi connectivity index (χ1n) is 4.99. The lowest BCUT2D eigenvalue weighted by atomic mass is 10.4. The van der Waals surface area contributed by atoms with E-state index in [9.17, 15) is 0 Å². The van der Waals surface area contributed by atoms with Crippen LogP contribution >= 0.6 is 7.92 Å². The lowest BCUT2D eigenvalue weighted by molar-refractivity contribution is 1.39. The highest BCUT2D eigenvalue weighted by molar-refractivity contribution is 7.72. The Hall–Kier alpha value is -1.17. The minimum Gasteiger partial charge on any atom is -0.326 e. The Morgan fingerprint density at radius 1 is 0.733 bits per heavy atom. The molecule has 1 nitrogen and oxygen atoms in total. The van der Waals surface area contributed by atoms with Gasteiger partial charge in [0.1, 0.15) is 0 Å². The molecule has 0 saturated carbocycles. The zero-order chi connectivity index (χ0) is 10.5. The Morgan fingerprint density at radius 2 is 1.13 bits per heavy atom. The molecule has 0 atom stereocenters. The number of rotatable bonds is 3. The smallest absolute Gasteiger partial charge is 0.0210 e. The molecule has 0 bridgehead atoms. The summed E-state index contributed by atoms with van der Waals surface area (Å²) in [5.74, 6) is 0. The summed E-state index contributed by atoms with van der Waals surface area (Å²) in [5.41, 5.74) is 5.87. The fourth-order valence-corrected chi connectivity index (χ4v) is 3.36. The monoisotopic (exact) mass is 215 g/mol. The van der Waals surface area contributed by atoms with Crippen molar-refractivity contribution in [2.24, 2.45) is 5.73 Å². The summed E-state index contributed by atoms with van der Waals surface area (Å²) in [5, 5.41) is 2.70. The summed E-state index contributed by atoms with van der Waals surface area (Å²) in [7, 11) is -0.371. The molecule has 0 aliphatic heterocycles. The van der Waals surface area contributed by atoms with Crippen molar-refractivity contribution in [3.63, 3.8) is 0 Å². The molecule has 15 heavy (non-hydrogen) atoms. The molecule has 2 rings (SSSR count). The van der Waals surface area contributed by atoms with Crippen LogP contribution in [0.4, 0.5) is 0 Å². The minimum absolute atomic E-state index is 0.371. The van der Waals surface area contributed by atoms with Crippen molar-refractivity contribution in [3.8, 4) is 0 Å². The lowest BCUT2D eigenvalue weighted by Gasteiger charge is -2.15. The second-order valence-corrected chi connectivity index (χ2v) is 5.54. The molecule has 2 heteroatoms. The van der Waals surface area contributed by atoms with Crippen LogP contribution in [0.5, 0.6) is 0 Å². The average Bonchev–Trinajstić information content (AvgIpc) is 2.33. The van der Waals surface area contributed by atoms with Crippen LogP contribution < -0.4 is 16.3 Å². The fraction of sp³-hybridized carbons (Fsp3) is 0.0769. The molecular weight excluding hydrogens is 201 g/mol. The predicted molar refractivity (Wildman–Crippen MR) is 68.1 cm³/mol. The van der Waals surface area contributed by atoms with Gasteiger partial charge in [-0.2, -0.15) is 0 Å². The van der Waals surface area contributed by atoms with Crippen LogP contribution in [0.2, 0.25) is 0 Å². The van der Waals surface area contributed by atoms with Crippen LogP contribution in [0.1, 0.15) is 0 Å². The Labute approximate surface area is 91.7 Å². The van der Waals surface area contributed by atoms with E-state index in [4.69, 9.17) is 5.73 Å². The van der Waals surface area contributed by atoms with E-state index in [1.165, 1.54) is 10.6 Å². The van der Waals surface area contributed by atoms with Gasteiger partial charge in [0.15, 0.2) is 0 Å². The molecule has 2 aromatic rings. The van der Waals surface area contributed by atoms with Crippen LogP contribution in [0.15, 0.2) is 60.7 Å². The Morgan fingerprint density at radius 3 is 1.47 bits per heavy atom. The molecule has 0 amide bonds. The molecule has 2 N–H and O–H groups in total. The van der Waals surface area contributed by atoms with Gasteiger partial charge in [-0.15, -0.1) is 0 Å². The van der Waals surface area contributed by atoms with Crippen molar-refractivity contribution in [3.05, 3.63) is 60.7 Å². The summed E-state index contributed by atoms with van der Waals surface area (Å²) in [6.45, 7) is 0. The number of nitrogens with two attached hydrogens (primary N) is 1. The topological polar surface area (TPSA) is 26.0 Å². The van der Waals surface area contributed by atoms with Gasteiger partial charge in [0.05, 0.1) is 0 Å². The first-order valence-corrected chi connectivity index (χ1v) is 6.52. The van der Waals surface area contributed by atoms with E-state index in [0.717, 1.165) is 0 Å². The van der Waals surface area contributed by atoms with Gasteiger partial charge in [-0.05, 0) is 18.5 Å². The van der Waals surface area contributed by atoms with E-state index < -0.39 is 0 Å². The molecular formula is C13H14NP. The molecule has 0 aromatic heterocycles. The molecule has 0 saturated heterocycles.